The van der Waals surface area contributed by atoms with Crippen LogP contribution in [0.25, 0.3) is 0 Å². The van der Waals surface area contributed by atoms with Crippen LogP contribution in [0.3, 0.4) is 0 Å². The molecule has 27 heavy (non-hydrogen) atoms. The summed E-state index contributed by atoms with van der Waals surface area (Å²) in [4.78, 5) is 14.9. The number of benzene rings is 2. The smallest absolute Gasteiger partial charge is 0.251 e. The minimum Gasteiger partial charge on any atom is -0.454 e. The molecule has 2 aliphatic heterocycles. The number of amides is 1. The Balaban J connectivity index is 1.47. The predicted molar refractivity (Wildman–Crippen MR) is 96.4 cm³/mol. The first-order chi connectivity index (χ1) is 13.2. The first kappa shape index (κ1) is 17.8. The maximum Gasteiger partial charge on any atom is 0.251 e. The molecule has 1 saturated heterocycles. The number of carbonyl (C=O) groups excluding carboxylic acids is 1. The van der Waals surface area contributed by atoms with Gasteiger partial charge in [-0.2, -0.15) is 0 Å². The molecule has 1 amide bonds. The largest absolute Gasteiger partial charge is 0.454 e. The van der Waals surface area contributed by atoms with E-state index < -0.39 is 0 Å². The normalized spacial score (nSPS) is 17.5. The summed E-state index contributed by atoms with van der Waals surface area (Å²) >= 11 is 0. The van der Waals surface area contributed by atoms with Crippen LogP contribution in [0.15, 0.2) is 42.5 Å². The van der Waals surface area contributed by atoms with Gasteiger partial charge in [-0.05, 0) is 35.9 Å². The summed E-state index contributed by atoms with van der Waals surface area (Å²) in [5.74, 6) is 0.757. The van der Waals surface area contributed by atoms with Gasteiger partial charge in [-0.3, -0.25) is 9.69 Å². The van der Waals surface area contributed by atoms with Gasteiger partial charge >= 0.3 is 0 Å². The fourth-order valence-electron chi connectivity index (χ4n) is 3.36. The van der Waals surface area contributed by atoms with E-state index >= 15 is 0 Å². The lowest BCUT2D eigenvalue weighted by Gasteiger charge is -2.35. The number of ether oxygens (including phenoxy) is 3. The first-order valence-electron chi connectivity index (χ1n) is 8.96. The predicted octanol–water partition coefficient (Wildman–Crippen LogP) is 2.36. The molecular weight excluding hydrogens is 351 g/mol. The molecule has 2 aromatic carbocycles. The second-order valence-corrected chi connectivity index (χ2v) is 6.49. The number of nitrogens with one attached hydrogen (secondary N) is 1. The number of halogens is 1. The Labute approximate surface area is 156 Å². The maximum atomic E-state index is 13.3. The molecule has 2 aliphatic rings. The summed E-state index contributed by atoms with van der Waals surface area (Å²) in [6, 6.07) is 11.5. The van der Waals surface area contributed by atoms with Crippen molar-refractivity contribution in [2.24, 2.45) is 0 Å². The molecule has 0 spiro atoms. The highest BCUT2D eigenvalue weighted by Gasteiger charge is 2.24. The molecular formula is C20H21FN2O4. The molecule has 1 N–H and O–H groups in total. The highest BCUT2D eigenvalue weighted by atomic mass is 19.1. The molecule has 0 saturated carbocycles. The first-order valence-corrected chi connectivity index (χ1v) is 8.96. The molecule has 1 unspecified atom stereocenters. The van der Waals surface area contributed by atoms with Gasteiger partial charge in [0.2, 0.25) is 6.79 Å². The van der Waals surface area contributed by atoms with Crippen molar-refractivity contribution in [3.63, 3.8) is 0 Å². The molecule has 2 heterocycles. The standard InChI is InChI=1S/C20H21FN2O4/c21-16-4-1-14(2-5-16)17(23-7-9-25-10-8-23)12-22-20(24)15-3-6-18-19(11-15)27-13-26-18/h1-6,11,17H,7-10,12-13H2,(H,22,24). The fourth-order valence-corrected chi connectivity index (χ4v) is 3.36. The van der Waals surface area contributed by atoms with Gasteiger partial charge in [0.15, 0.2) is 11.5 Å². The highest BCUT2D eigenvalue weighted by Crippen LogP contribution is 2.32. The Morgan fingerprint density at radius 1 is 1.07 bits per heavy atom. The number of fused-ring (bicyclic) bond motifs is 1. The van der Waals surface area contributed by atoms with E-state index in [1.165, 1.54) is 12.1 Å². The lowest BCUT2D eigenvalue weighted by molar-refractivity contribution is 0.0162. The molecule has 0 aromatic heterocycles. The van der Waals surface area contributed by atoms with Gasteiger partial charge in [-0.1, -0.05) is 12.1 Å². The van der Waals surface area contributed by atoms with Gasteiger partial charge in [-0.15, -0.1) is 0 Å². The van der Waals surface area contributed by atoms with Crippen molar-refractivity contribution < 1.29 is 23.4 Å². The van der Waals surface area contributed by atoms with Gasteiger partial charge in [0.25, 0.3) is 5.91 Å². The molecule has 1 atom stereocenters. The van der Waals surface area contributed by atoms with E-state index in [1.807, 2.05) is 0 Å². The third-order valence-electron chi connectivity index (χ3n) is 4.83. The molecule has 4 rings (SSSR count). The lowest BCUT2D eigenvalue weighted by Crippen LogP contribution is -2.43. The molecule has 7 heteroatoms. The fraction of sp³-hybridized carbons (Fsp3) is 0.350. The Morgan fingerprint density at radius 2 is 1.81 bits per heavy atom. The number of nitrogens with zero attached hydrogens (tertiary/aromatic N) is 1. The van der Waals surface area contributed by atoms with Gasteiger partial charge in [0.1, 0.15) is 5.82 Å². The summed E-state index contributed by atoms with van der Waals surface area (Å²) in [6.45, 7) is 3.41. The van der Waals surface area contributed by atoms with Crippen LogP contribution in [0.2, 0.25) is 0 Å². The molecule has 6 nitrogen and oxygen atoms in total. The van der Waals surface area contributed by atoms with Crippen LogP contribution in [0.1, 0.15) is 22.0 Å². The third-order valence-corrected chi connectivity index (χ3v) is 4.83. The van der Waals surface area contributed by atoms with Crippen LogP contribution in [0.4, 0.5) is 4.39 Å². The van der Waals surface area contributed by atoms with Crippen molar-refractivity contribution in [3.05, 3.63) is 59.4 Å². The van der Waals surface area contributed by atoms with Gasteiger partial charge < -0.3 is 19.5 Å². The summed E-state index contributed by atoms with van der Waals surface area (Å²) in [7, 11) is 0. The highest BCUT2D eigenvalue weighted by molar-refractivity contribution is 5.95. The van der Waals surface area contributed by atoms with Crippen LogP contribution in [0.5, 0.6) is 11.5 Å². The Hall–Kier alpha value is -2.64. The molecule has 0 radical (unpaired) electrons. The summed E-state index contributed by atoms with van der Waals surface area (Å²) in [5, 5.41) is 2.99. The van der Waals surface area contributed by atoms with E-state index in [4.69, 9.17) is 14.2 Å². The lowest BCUT2D eigenvalue weighted by atomic mass is 10.0. The van der Waals surface area contributed by atoms with Crippen LogP contribution in [-0.2, 0) is 4.74 Å². The second kappa shape index (κ2) is 7.94. The number of hydrogen-bond acceptors (Lipinski definition) is 5. The average molecular weight is 372 g/mol. The summed E-state index contributed by atoms with van der Waals surface area (Å²) in [5.41, 5.74) is 1.48. The zero-order valence-electron chi connectivity index (χ0n) is 14.8. The minimum absolute atomic E-state index is 0.0486. The molecule has 0 aliphatic carbocycles. The molecule has 2 aromatic rings. The van der Waals surface area contributed by atoms with Gasteiger partial charge in [0, 0.05) is 25.2 Å². The second-order valence-electron chi connectivity index (χ2n) is 6.49. The Kier molecular flexibility index (Phi) is 5.22. The van der Waals surface area contributed by atoms with E-state index in [0.29, 0.717) is 36.8 Å². The SMILES string of the molecule is O=C(NCC(c1ccc(F)cc1)N1CCOCC1)c1ccc2c(c1)OCO2. The average Bonchev–Trinajstić information content (AvgIpc) is 3.18. The van der Waals surface area contributed by atoms with Crippen molar-refractivity contribution in [3.8, 4) is 11.5 Å². The molecule has 0 bridgehead atoms. The summed E-state index contributed by atoms with van der Waals surface area (Å²) in [6.07, 6.45) is 0. The molecule has 1 fully saturated rings. The van der Waals surface area contributed by atoms with Crippen molar-refractivity contribution in [2.75, 3.05) is 39.6 Å². The van der Waals surface area contributed by atoms with Crippen molar-refractivity contribution in [1.29, 1.82) is 0 Å². The van der Waals surface area contributed by atoms with Crippen molar-refractivity contribution in [1.82, 2.24) is 10.2 Å². The van der Waals surface area contributed by atoms with Crippen LogP contribution >= 0.6 is 0 Å². The van der Waals surface area contributed by atoms with E-state index in [9.17, 15) is 9.18 Å². The van der Waals surface area contributed by atoms with Crippen LogP contribution in [0, 0.1) is 5.82 Å². The van der Waals surface area contributed by atoms with Crippen molar-refractivity contribution >= 4 is 5.91 Å². The number of carbonyl (C=O) groups is 1. The number of rotatable bonds is 5. The van der Waals surface area contributed by atoms with Gasteiger partial charge in [0.05, 0.1) is 19.3 Å². The van der Waals surface area contributed by atoms with E-state index in [0.717, 1.165) is 18.7 Å². The zero-order valence-corrected chi connectivity index (χ0v) is 14.8. The monoisotopic (exact) mass is 372 g/mol. The maximum absolute atomic E-state index is 13.3. The minimum atomic E-state index is -0.274. The van der Waals surface area contributed by atoms with E-state index in [-0.39, 0.29) is 24.6 Å². The van der Waals surface area contributed by atoms with Crippen molar-refractivity contribution in [2.45, 2.75) is 6.04 Å². The van der Waals surface area contributed by atoms with Crippen LogP contribution in [-0.4, -0.2) is 50.4 Å². The van der Waals surface area contributed by atoms with Gasteiger partial charge in [-0.25, -0.2) is 4.39 Å². The zero-order chi connectivity index (χ0) is 18.6. The van der Waals surface area contributed by atoms with Crippen LogP contribution < -0.4 is 14.8 Å². The van der Waals surface area contributed by atoms with E-state index in [1.54, 1.807) is 30.3 Å². The number of morpholine rings is 1. The quantitative estimate of drug-likeness (QED) is 0.873. The Morgan fingerprint density at radius 3 is 2.59 bits per heavy atom. The topological polar surface area (TPSA) is 60.0 Å². The number of hydrogen-bond donors (Lipinski definition) is 1. The summed E-state index contributed by atoms with van der Waals surface area (Å²) < 4.78 is 29.3. The third kappa shape index (κ3) is 4.04. The molecule has 142 valence electrons. The Bertz CT molecular complexity index is 806. The van der Waals surface area contributed by atoms with E-state index in [2.05, 4.69) is 10.2 Å².